The van der Waals surface area contributed by atoms with Gasteiger partial charge in [0, 0.05) is 20.8 Å². The van der Waals surface area contributed by atoms with E-state index in [4.69, 9.17) is 28.4 Å². The van der Waals surface area contributed by atoms with Crippen molar-refractivity contribution in [1.82, 2.24) is 0 Å². The van der Waals surface area contributed by atoms with E-state index in [9.17, 15) is 24.0 Å². The second-order valence-electron chi connectivity index (χ2n) is 7.46. The lowest BCUT2D eigenvalue weighted by Gasteiger charge is -2.46. The molecule has 0 unspecified atom stereocenters. The average Bonchev–Trinajstić information content (AvgIpc) is 2.58. The van der Waals surface area contributed by atoms with Crippen molar-refractivity contribution in [1.29, 1.82) is 0 Å². The minimum atomic E-state index is -2.24. The molecule has 1 aliphatic heterocycles. The van der Waals surface area contributed by atoms with E-state index in [-0.39, 0.29) is 0 Å². The van der Waals surface area contributed by atoms with Crippen LogP contribution in [-0.2, 0) is 52.4 Å². The highest BCUT2D eigenvalue weighted by molar-refractivity contribution is 9.10. The number of alkyl halides is 1. The Hall–Kier alpha value is -2.21. The van der Waals surface area contributed by atoms with Gasteiger partial charge in [-0.3, -0.25) is 19.2 Å². The molecule has 0 aromatic carbocycles. The number of esters is 5. The first-order valence-electron chi connectivity index (χ1n) is 8.81. The van der Waals surface area contributed by atoms with E-state index in [1.54, 1.807) is 20.8 Å². The molecule has 1 heterocycles. The van der Waals surface area contributed by atoms with Crippen molar-refractivity contribution in [2.24, 2.45) is 5.41 Å². The number of hydrogen-bond acceptors (Lipinski definition) is 11. The van der Waals surface area contributed by atoms with E-state index in [2.05, 4.69) is 15.9 Å². The van der Waals surface area contributed by atoms with E-state index < -0.39 is 64.4 Å². The largest absolute Gasteiger partial charge is 0.466 e. The van der Waals surface area contributed by atoms with Crippen LogP contribution in [0, 0.1) is 5.41 Å². The number of carbonyl (C=O) groups excluding carboxylic acids is 5. The van der Waals surface area contributed by atoms with Crippen LogP contribution in [0.1, 0.15) is 41.5 Å². The number of ether oxygens (including phenoxy) is 6. The zero-order chi connectivity index (χ0) is 23.4. The van der Waals surface area contributed by atoms with Gasteiger partial charge in [-0.15, -0.1) is 0 Å². The maximum absolute atomic E-state index is 12.5. The molecule has 1 saturated heterocycles. The maximum atomic E-state index is 12.5. The molecule has 11 nitrogen and oxygen atoms in total. The van der Waals surface area contributed by atoms with Gasteiger partial charge in [0.2, 0.25) is 12.4 Å². The summed E-state index contributed by atoms with van der Waals surface area (Å²) in [6, 6.07) is 0. The molecule has 1 aliphatic rings. The number of halogens is 1. The summed E-state index contributed by atoms with van der Waals surface area (Å²) in [4.78, 5) is 60.0. The Morgan fingerprint density at radius 1 is 0.833 bits per heavy atom. The molecule has 30 heavy (non-hydrogen) atoms. The minimum absolute atomic E-state index is 0.767. The monoisotopic (exact) mass is 496 g/mol. The van der Waals surface area contributed by atoms with Crippen LogP contribution in [0.3, 0.4) is 0 Å². The van der Waals surface area contributed by atoms with E-state index in [0.717, 1.165) is 27.9 Å². The van der Waals surface area contributed by atoms with Crippen molar-refractivity contribution in [3.05, 3.63) is 0 Å². The molecular formula is C18H25BrO11. The van der Waals surface area contributed by atoms with Gasteiger partial charge in [0.1, 0.15) is 0 Å². The van der Waals surface area contributed by atoms with Crippen molar-refractivity contribution in [3.8, 4) is 0 Å². The second-order valence-corrected chi connectivity index (χ2v) is 8.63. The topological polar surface area (TPSA) is 141 Å². The van der Waals surface area contributed by atoms with Crippen LogP contribution in [0.25, 0.3) is 0 Å². The van der Waals surface area contributed by atoms with E-state index in [0.29, 0.717) is 0 Å². The predicted molar refractivity (Wildman–Crippen MR) is 101 cm³/mol. The summed E-state index contributed by atoms with van der Waals surface area (Å²) >= 11 is 3.02. The lowest BCUT2D eigenvalue weighted by molar-refractivity contribution is -0.303. The maximum Gasteiger partial charge on any atom is 0.353 e. The first-order valence-corrected chi connectivity index (χ1v) is 9.60. The lowest BCUT2D eigenvalue weighted by Crippen LogP contribution is -2.68. The molecule has 0 aliphatic carbocycles. The molecule has 170 valence electrons. The third-order valence-corrected chi connectivity index (χ3v) is 4.70. The van der Waals surface area contributed by atoms with Gasteiger partial charge >= 0.3 is 29.8 Å². The molecule has 5 atom stereocenters. The van der Waals surface area contributed by atoms with Crippen LogP contribution in [0.4, 0.5) is 0 Å². The Balaban J connectivity index is 3.58. The standard InChI is InChI=1S/C18H25BrO11/c1-8(20)26-11-12(27-9(2)21)14(29-15(23)17(4,5)6)30-18(19,16(24)25-7)13(11)28-10(3)22/h11-14H,1-7H3/t11-,12-,13+,14+,18+/m1/s1. The summed E-state index contributed by atoms with van der Waals surface area (Å²) in [5, 5.41) is 0. The second kappa shape index (κ2) is 9.73. The molecule has 0 aromatic rings. The highest BCUT2D eigenvalue weighted by atomic mass is 79.9. The molecule has 1 rings (SSSR count). The SMILES string of the molecule is COC(=O)[C@@]1(Br)O[C@H](OC(=O)C(C)(C)C)[C@H](OC(C)=O)[C@@H](OC(C)=O)[C@@H]1OC(C)=O. The van der Waals surface area contributed by atoms with Gasteiger partial charge in [0.15, 0.2) is 12.2 Å². The summed E-state index contributed by atoms with van der Waals surface area (Å²) in [7, 11) is 1.04. The number of rotatable bonds is 5. The molecule has 0 radical (unpaired) electrons. The highest BCUT2D eigenvalue weighted by Crippen LogP contribution is 2.41. The van der Waals surface area contributed by atoms with E-state index in [1.807, 2.05) is 0 Å². The fourth-order valence-corrected chi connectivity index (χ4v) is 3.17. The summed E-state index contributed by atoms with van der Waals surface area (Å²) in [5.74, 6) is -4.39. The smallest absolute Gasteiger partial charge is 0.353 e. The normalized spacial score (nSPS) is 28.7. The zero-order valence-corrected chi connectivity index (χ0v) is 19.3. The van der Waals surface area contributed by atoms with Gasteiger partial charge in [0.05, 0.1) is 12.5 Å². The number of methoxy groups -OCH3 is 1. The van der Waals surface area contributed by atoms with Crippen LogP contribution in [0.15, 0.2) is 0 Å². The van der Waals surface area contributed by atoms with Crippen LogP contribution in [0.2, 0.25) is 0 Å². The van der Waals surface area contributed by atoms with Crippen molar-refractivity contribution in [2.75, 3.05) is 7.11 Å². The molecule has 0 aromatic heterocycles. The molecule has 0 saturated carbocycles. The third kappa shape index (κ3) is 6.14. The van der Waals surface area contributed by atoms with Crippen molar-refractivity contribution in [3.63, 3.8) is 0 Å². The quantitative estimate of drug-likeness (QED) is 0.305. The Morgan fingerprint density at radius 2 is 1.30 bits per heavy atom. The predicted octanol–water partition coefficient (Wildman–Crippen LogP) is 0.991. The molecule has 0 amide bonds. The lowest BCUT2D eigenvalue weighted by atomic mass is 9.96. The summed E-state index contributed by atoms with van der Waals surface area (Å²) < 4.78 is 28.9. The Labute approximate surface area is 181 Å². The summed E-state index contributed by atoms with van der Waals surface area (Å²) in [6.45, 7) is 7.84. The van der Waals surface area contributed by atoms with Crippen LogP contribution >= 0.6 is 15.9 Å². The third-order valence-electron chi connectivity index (χ3n) is 3.74. The Bertz CT molecular complexity index is 713. The van der Waals surface area contributed by atoms with Gasteiger partial charge < -0.3 is 28.4 Å². The van der Waals surface area contributed by atoms with Crippen LogP contribution < -0.4 is 0 Å². The Morgan fingerprint density at radius 3 is 1.70 bits per heavy atom. The highest BCUT2D eigenvalue weighted by Gasteiger charge is 2.64. The molecule has 1 fully saturated rings. The summed E-state index contributed by atoms with van der Waals surface area (Å²) in [5.41, 5.74) is -0.992. The van der Waals surface area contributed by atoms with Crippen molar-refractivity contribution < 1.29 is 52.4 Å². The van der Waals surface area contributed by atoms with E-state index >= 15 is 0 Å². The van der Waals surface area contributed by atoms with Gasteiger partial charge in [-0.2, -0.15) is 0 Å². The fraction of sp³-hybridized carbons (Fsp3) is 0.722. The fourth-order valence-electron chi connectivity index (χ4n) is 2.47. The molecule has 12 heteroatoms. The average molecular weight is 497 g/mol. The van der Waals surface area contributed by atoms with Gasteiger partial charge in [-0.25, -0.2) is 4.79 Å². The molecule has 0 bridgehead atoms. The Kier molecular flexibility index (Phi) is 8.38. The van der Waals surface area contributed by atoms with Crippen molar-refractivity contribution >= 4 is 45.8 Å². The van der Waals surface area contributed by atoms with Gasteiger partial charge in [-0.1, -0.05) is 0 Å². The first-order chi connectivity index (χ1) is 13.6. The van der Waals surface area contributed by atoms with Gasteiger partial charge in [0.25, 0.3) is 4.51 Å². The van der Waals surface area contributed by atoms with Gasteiger partial charge in [-0.05, 0) is 36.7 Å². The molecular weight excluding hydrogens is 472 g/mol. The molecule has 0 N–H and O–H groups in total. The van der Waals surface area contributed by atoms with Crippen LogP contribution in [0.5, 0.6) is 0 Å². The zero-order valence-electron chi connectivity index (χ0n) is 17.7. The van der Waals surface area contributed by atoms with Crippen LogP contribution in [-0.4, -0.2) is 66.1 Å². The number of carbonyl (C=O) groups is 5. The van der Waals surface area contributed by atoms with Crippen molar-refractivity contribution in [2.45, 2.75) is 70.7 Å². The number of hydrogen-bond donors (Lipinski definition) is 0. The molecule has 0 spiro atoms. The minimum Gasteiger partial charge on any atom is -0.466 e. The summed E-state index contributed by atoms with van der Waals surface area (Å²) in [6.07, 6.45) is -6.51. The van der Waals surface area contributed by atoms with E-state index in [1.165, 1.54) is 0 Å². The first kappa shape index (κ1) is 25.8.